The molecule has 0 unspecified atom stereocenters. The number of aromatic hydroxyl groups is 1. The number of rotatable bonds is 1. The highest BCUT2D eigenvalue weighted by molar-refractivity contribution is 5.34. The van der Waals surface area contributed by atoms with E-state index in [9.17, 15) is 5.11 Å². The van der Waals surface area contributed by atoms with Gasteiger partial charge < -0.3 is 5.11 Å². The van der Waals surface area contributed by atoms with Crippen molar-refractivity contribution in [2.45, 2.75) is 6.92 Å². The summed E-state index contributed by atoms with van der Waals surface area (Å²) in [5, 5.41) is 13.6. The van der Waals surface area contributed by atoms with Crippen LogP contribution in [0.2, 0.25) is 0 Å². The predicted molar refractivity (Wildman–Crippen MR) is 50.0 cm³/mol. The monoisotopic (exact) mass is 175 g/mol. The van der Waals surface area contributed by atoms with Crippen LogP contribution in [0.15, 0.2) is 36.4 Å². The normalized spacial score (nSPS) is 11.3. The first-order valence-corrected chi connectivity index (χ1v) is 4.01. The molecular formula is C10H10N2O. The zero-order valence-electron chi connectivity index (χ0n) is 8.23. The molecule has 13 heavy (non-hydrogen) atoms. The molecule has 66 valence electrons. The van der Waals surface area contributed by atoms with E-state index in [-0.39, 0.29) is 11.9 Å². The Kier molecular flexibility index (Phi) is 1.52. The van der Waals surface area contributed by atoms with Gasteiger partial charge >= 0.3 is 0 Å². The maximum absolute atomic E-state index is 9.58. The lowest BCUT2D eigenvalue weighted by Crippen LogP contribution is -1.94. The van der Waals surface area contributed by atoms with Gasteiger partial charge in [-0.1, -0.05) is 18.2 Å². The highest BCUT2D eigenvalue weighted by Gasteiger charge is 2.03. The average molecular weight is 175 g/mol. The van der Waals surface area contributed by atoms with Crippen molar-refractivity contribution in [1.29, 1.82) is 0 Å². The lowest BCUT2D eigenvalue weighted by Gasteiger charge is -2.00. The van der Waals surface area contributed by atoms with Gasteiger partial charge in [-0.2, -0.15) is 5.10 Å². The van der Waals surface area contributed by atoms with Gasteiger partial charge in [0.05, 0.1) is 12.8 Å². The minimum absolute atomic E-state index is 0.0776. The van der Waals surface area contributed by atoms with Crippen molar-refractivity contribution in [2.75, 3.05) is 0 Å². The SMILES string of the molecule is [2H]c1c(C)nn(-c2ccccc2)c1O. The third-order valence-electron chi connectivity index (χ3n) is 1.74. The first-order chi connectivity index (χ1) is 6.70. The van der Waals surface area contributed by atoms with Crippen molar-refractivity contribution in [3.63, 3.8) is 0 Å². The molecule has 1 aromatic heterocycles. The van der Waals surface area contributed by atoms with E-state index in [1.54, 1.807) is 6.92 Å². The van der Waals surface area contributed by atoms with Crippen LogP contribution in [0.4, 0.5) is 0 Å². The largest absolute Gasteiger partial charge is 0.493 e. The average Bonchev–Trinajstić information content (AvgIpc) is 2.47. The molecule has 0 bridgehead atoms. The van der Waals surface area contributed by atoms with Gasteiger partial charge in [0.1, 0.15) is 0 Å². The number of nitrogens with zero attached hydrogens (tertiary/aromatic N) is 2. The van der Waals surface area contributed by atoms with Crippen LogP contribution in [0.5, 0.6) is 5.88 Å². The smallest absolute Gasteiger partial charge is 0.214 e. The van der Waals surface area contributed by atoms with E-state index in [1.807, 2.05) is 30.3 Å². The van der Waals surface area contributed by atoms with Crippen molar-refractivity contribution in [3.05, 3.63) is 42.1 Å². The van der Waals surface area contributed by atoms with E-state index in [4.69, 9.17) is 1.37 Å². The summed E-state index contributed by atoms with van der Waals surface area (Å²) in [5.74, 6) is -0.117. The van der Waals surface area contributed by atoms with Crippen molar-refractivity contribution < 1.29 is 6.48 Å². The molecular weight excluding hydrogens is 164 g/mol. The number of hydrogen-bond acceptors (Lipinski definition) is 2. The van der Waals surface area contributed by atoms with Gasteiger partial charge in [-0.15, -0.1) is 0 Å². The molecule has 3 heteroatoms. The highest BCUT2D eigenvalue weighted by atomic mass is 16.3. The molecule has 0 amide bonds. The molecule has 2 aromatic rings. The Balaban J connectivity index is 2.58. The van der Waals surface area contributed by atoms with Crippen LogP contribution >= 0.6 is 0 Å². The van der Waals surface area contributed by atoms with Gasteiger partial charge in [0.2, 0.25) is 5.88 Å². The number of aromatic nitrogens is 2. The minimum atomic E-state index is -0.117. The van der Waals surface area contributed by atoms with Crippen molar-refractivity contribution in [1.82, 2.24) is 9.78 Å². The lowest BCUT2D eigenvalue weighted by molar-refractivity contribution is 0.433. The minimum Gasteiger partial charge on any atom is -0.493 e. The van der Waals surface area contributed by atoms with Crippen LogP contribution in [0.3, 0.4) is 0 Å². The van der Waals surface area contributed by atoms with E-state index in [0.717, 1.165) is 5.69 Å². The molecule has 1 aromatic carbocycles. The molecule has 0 atom stereocenters. The summed E-state index contributed by atoms with van der Waals surface area (Å²) in [6, 6.07) is 9.33. The summed E-state index contributed by atoms with van der Waals surface area (Å²) >= 11 is 0. The van der Waals surface area contributed by atoms with Gasteiger partial charge in [0, 0.05) is 6.04 Å². The summed E-state index contributed by atoms with van der Waals surface area (Å²) in [6.07, 6.45) is 0. The molecule has 0 fully saturated rings. The van der Waals surface area contributed by atoms with Gasteiger partial charge in [-0.25, -0.2) is 4.68 Å². The fourth-order valence-electron chi connectivity index (χ4n) is 1.19. The molecule has 0 radical (unpaired) electrons. The van der Waals surface area contributed by atoms with Gasteiger partial charge in [0.25, 0.3) is 0 Å². The van der Waals surface area contributed by atoms with Crippen molar-refractivity contribution in [3.8, 4) is 11.6 Å². The Bertz CT molecular complexity index is 451. The first-order valence-electron chi connectivity index (χ1n) is 4.51. The number of benzene rings is 1. The summed E-state index contributed by atoms with van der Waals surface area (Å²) in [5.41, 5.74) is 1.28. The van der Waals surface area contributed by atoms with Crippen LogP contribution in [0.1, 0.15) is 7.06 Å². The lowest BCUT2D eigenvalue weighted by atomic mass is 10.3. The van der Waals surface area contributed by atoms with E-state index in [0.29, 0.717) is 5.69 Å². The second kappa shape index (κ2) is 2.94. The summed E-state index contributed by atoms with van der Waals surface area (Å²) in [4.78, 5) is 0. The predicted octanol–water partition coefficient (Wildman–Crippen LogP) is 1.89. The van der Waals surface area contributed by atoms with Crippen LogP contribution in [0.25, 0.3) is 5.69 Å². The highest BCUT2D eigenvalue weighted by Crippen LogP contribution is 2.16. The van der Waals surface area contributed by atoms with Crippen LogP contribution < -0.4 is 0 Å². The summed E-state index contributed by atoms with van der Waals surface area (Å²) in [6.45, 7) is 1.70. The number of hydrogen-bond donors (Lipinski definition) is 1. The second-order valence-corrected chi connectivity index (χ2v) is 2.78. The molecule has 0 saturated carbocycles. The van der Waals surface area contributed by atoms with Crippen LogP contribution in [-0.4, -0.2) is 14.9 Å². The first kappa shape index (κ1) is 6.71. The quantitative estimate of drug-likeness (QED) is 0.718. The summed E-state index contributed by atoms with van der Waals surface area (Å²) in [7, 11) is 0. The number of para-hydroxylation sites is 1. The molecule has 0 aliphatic rings. The van der Waals surface area contributed by atoms with Gasteiger partial charge in [-0.3, -0.25) is 0 Å². The van der Waals surface area contributed by atoms with E-state index < -0.39 is 0 Å². The number of aryl methyl sites for hydroxylation is 1. The zero-order chi connectivity index (χ0) is 10.1. The molecule has 3 nitrogen and oxygen atoms in total. The molecule has 2 rings (SSSR count). The summed E-state index contributed by atoms with van der Waals surface area (Å²) < 4.78 is 8.84. The van der Waals surface area contributed by atoms with E-state index in [1.165, 1.54) is 4.68 Å². The van der Waals surface area contributed by atoms with E-state index >= 15 is 0 Å². The Hall–Kier alpha value is -1.77. The Morgan fingerprint density at radius 3 is 2.62 bits per heavy atom. The fourth-order valence-corrected chi connectivity index (χ4v) is 1.19. The molecule has 0 aliphatic carbocycles. The molecule has 1 N–H and O–H groups in total. The van der Waals surface area contributed by atoms with Crippen LogP contribution in [0, 0.1) is 6.92 Å². The maximum Gasteiger partial charge on any atom is 0.214 e. The molecule has 0 aliphatic heterocycles. The van der Waals surface area contributed by atoms with Gasteiger partial charge in [0.15, 0.2) is 0 Å². The third kappa shape index (κ3) is 1.40. The van der Waals surface area contributed by atoms with Crippen LogP contribution in [-0.2, 0) is 0 Å². The second-order valence-electron chi connectivity index (χ2n) is 2.78. The third-order valence-corrected chi connectivity index (χ3v) is 1.74. The molecule has 1 heterocycles. The Morgan fingerprint density at radius 2 is 2.08 bits per heavy atom. The Morgan fingerprint density at radius 1 is 1.38 bits per heavy atom. The van der Waals surface area contributed by atoms with Crippen molar-refractivity contribution >= 4 is 0 Å². The topological polar surface area (TPSA) is 38.0 Å². The standard InChI is InChI=1S/C10H10N2O/c1-8-7-10(13)12(11-8)9-5-3-2-4-6-9/h2-7,13H,1H3/i7D. The zero-order valence-corrected chi connectivity index (χ0v) is 7.23. The fraction of sp³-hybridized carbons (Fsp3) is 0.100. The van der Waals surface area contributed by atoms with Gasteiger partial charge in [-0.05, 0) is 19.1 Å². The molecule has 0 saturated heterocycles. The van der Waals surface area contributed by atoms with E-state index in [2.05, 4.69) is 5.10 Å². The van der Waals surface area contributed by atoms with Crippen molar-refractivity contribution in [2.24, 2.45) is 0 Å². The maximum atomic E-state index is 9.58. The molecule has 0 spiro atoms. The Labute approximate surface area is 77.7 Å².